The first kappa shape index (κ1) is 22.5. The fraction of sp³-hybridized carbons (Fsp3) is 0.222. The fourth-order valence-electron chi connectivity index (χ4n) is 2.39. The molecule has 0 heterocycles. The molecule has 0 aliphatic heterocycles. The lowest BCUT2D eigenvalue weighted by atomic mass is 10.0. The van der Waals surface area contributed by atoms with E-state index in [-0.39, 0.29) is 22.3 Å². The molecule has 156 valence electrons. The summed E-state index contributed by atoms with van der Waals surface area (Å²) in [4.78, 5) is 11.0. The van der Waals surface area contributed by atoms with Gasteiger partial charge in [-0.1, -0.05) is 0 Å². The number of benzene rings is 2. The number of nitrogens with one attached hydrogen (secondary N) is 2. The van der Waals surface area contributed by atoms with Gasteiger partial charge in [0.25, 0.3) is 0 Å². The minimum Gasteiger partial charge on any atom is -0.366 e. The number of alkyl halides is 6. The van der Waals surface area contributed by atoms with Gasteiger partial charge in [0.15, 0.2) is 5.11 Å². The van der Waals surface area contributed by atoms with E-state index in [0.29, 0.717) is 17.8 Å². The maximum Gasteiger partial charge on any atom is 0.416 e. The Morgan fingerprint density at radius 1 is 0.966 bits per heavy atom. The maximum atomic E-state index is 13.0. The molecule has 0 saturated carbocycles. The number of carbonyl (C=O) groups is 1. The molecule has 0 spiro atoms. The standard InChI is InChI=1S/C18H15F6N3OS/c1-9(26-16(29)27-14-4-2-10(3-5-14)15(25)28)11-6-12(17(19,20)21)8-13(7-11)18(22,23)24/h2-9H,1H3,(H2,25,28)(H2,26,27,29). The highest BCUT2D eigenvalue weighted by Gasteiger charge is 2.37. The summed E-state index contributed by atoms with van der Waals surface area (Å²) in [6.07, 6.45) is -9.87. The summed E-state index contributed by atoms with van der Waals surface area (Å²) in [6.45, 7) is 1.37. The molecule has 0 saturated heterocycles. The van der Waals surface area contributed by atoms with Crippen LogP contribution in [0.15, 0.2) is 42.5 Å². The molecule has 4 N–H and O–H groups in total. The molecule has 29 heavy (non-hydrogen) atoms. The molecule has 1 atom stereocenters. The SMILES string of the molecule is CC(NC(=S)Nc1ccc(C(N)=O)cc1)c1cc(C(F)(F)F)cc(C(F)(F)F)c1. The Hall–Kier alpha value is -2.82. The van der Waals surface area contributed by atoms with Crippen LogP contribution in [0.1, 0.15) is 40.0 Å². The van der Waals surface area contributed by atoms with Crippen LogP contribution in [0.4, 0.5) is 32.0 Å². The van der Waals surface area contributed by atoms with Crippen LogP contribution in [0.25, 0.3) is 0 Å². The molecule has 0 aromatic heterocycles. The molecular weight excluding hydrogens is 420 g/mol. The van der Waals surface area contributed by atoms with E-state index in [1.807, 2.05) is 0 Å². The van der Waals surface area contributed by atoms with E-state index < -0.39 is 35.4 Å². The van der Waals surface area contributed by atoms with Crippen molar-refractivity contribution in [3.63, 3.8) is 0 Å². The third-order valence-corrected chi connectivity index (χ3v) is 4.10. The first-order valence-electron chi connectivity index (χ1n) is 8.04. The third-order valence-electron chi connectivity index (χ3n) is 3.88. The number of anilines is 1. The highest BCUT2D eigenvalue weighted by molar-refractivity contribution is 7.80. The van der Waals surface area contributed by atoms with Gasteiger partial charge in [0.05, 0.1) is 17.2 Å². The van der Waals surface area contributed by atoms with Crippen LogP contribution in [0.2, 0.25) is 0 Å². The lowest BCUT2D eigenvalue weighted by molar-refractivity contribution is -0.143. The predicted molar refractivity (Wildman–Crippen MR) is 99.2 cm³/mol. The van der Waals surface area contributed by atoms with Crippen molar-refractivity contribution in [1.82, 2.24) is 5.32 Å². The van der Waals surface area contributed by atoms with Crippen LogP contribution in [0.5, 0.6) is 0 Å². The van der Waals surface area contributed by atoms with E-state index in [9.17, 15) is 31.1 Å². The van der Waals surface area contributed by atoms with E-state index in [2.05, 4.69) is 10.6 Å². The van der Waals surface area contributed by atoms with Crippen molar-refractivity contribution in [3.05, 3.63) is 64.7 Å². The number of primary amides is 1. The number of rotatable bonds is 4. The highest BCUT2D eigenvalue weighted by Crippen LogP contribution is 2.37. The molecule has 2 aromatic rings. The number of halogens is 6. The number of amides is 1. The average molecular weight is 435 g/mol. The molecule has 11 heteroatoms. The molecule has 0 aliphatic rings. The Balaban J connectivity index is 2.19. The summed E-state index contributed by atoms with van der Waals surface area (Å²) < 4.78 is 77.9. The third kappa shape index (κ3) is 6.08. The van der Waals surface area contributed by atoms with Crippen molar-refractivity contribution in [2.24, 2.45) is 5.73 Å². The van der Waals surface area contributed by atoms with Crippen LogP contribution < -0.4 is 16.4 Å². The lowest BCUT2D eigenvalue weighted by Crippen LogP contribution is -2.31. The van der Waals surface area contributed by atoms with Gasteiger partial charge in [0, 0.05) is 11.3 Å². The zero-order chi connectivity index (χ0) is 22.0. The summed E-state index contributed by atoms with van der Waals surface area (Å²) in [5.74, 6) is -0.629. The van der Waals surface area contributed by atoms with Gasteiger partial charge < -0.3 is 16.4 Å². The molecule has 0 bridgehead atoms. The number of thiocarbonyl (C=S) groups is 1. The summed E-state index contributed by atoms with van der Waals surface area (Å²) in [5, 5.41) is 5.32. The molecule has 4 nitrogen and oxygen atoms in total. The van der Waals surface area contributed by atoms with Gasteiger partial charge >= 0.3 is 12.4 Å². The fourth-order valence-corrected chi connectivity index (χ4v) is 2.69. The van der Waals surface area contributed by atoms with Crippen LogP contribution in [-0.4, -0.2) is 11.0 Å². The molecule has 2 rings (SSSR count). The Morgan fingerprint density at radius 2 is 1.45 bits per heavy atom. The van der Waals surface area contributed by atoms with Crippen LogP contribution in [0.3, 0.4) is 0 Å². The van der Waals surface area contributed by atoms with E-state index in [4.69, 9.17) is 18.0 Å². The molecule has 0 fully saturated rings. The van der Waals surface area contributed by atoms with E-state index in [1.165, 1.54) is 31.2 Å². The average Bonchev–Trinajstić information content (AvgIpc) is 2.60. The van der Waals surface area contributed by atoms with Gasteiger partial charge in [-0.3, -0.25) is 4.79 Å². The number of nitrogens with two attached hydrogens (primary N) is 1. The van der Waals surface area contributed by atoms with Gasteiger partial charge in [0.2, 0.25) is 5.91 Å². The minimum absolute atomic E-state index is 0.0321. The Labute approximate surface area is 167 Å². The molecule has 1 unspecified atom stereocenters. The zero-order valence-corrected chi connectivity index (χ0v) is 15.6. The highest BCUT2D eigenvalue weighted by atomic mass is 32.1. The Morgan fingerprint density at radius 3 is 1.86 bits per heavy atom. The molecule has 1 amide bonds. The number of hydrogen-bond acceptors (Lipinski definition) is 2. The van der Waals surface area contributed by atoms with Crippen molar-refractivity contribution in [1.29, 1.82) is 0 Å². The van der Waals surface area contributed by atoms with Gasteiger partial charge in [-0.25, -0.2) is 0 Å². The monoisotopic (exact) mass is 435 g/mol. The van der Waals surface area contributed by atoms with E-state index in [1.54, 1.807) is 0 Å². The topological polar surface area (TPSA) is 67.2 Å². The van der Waals surface area contributed by atoms with Gasteiger partial charge in [-0.05, 0) is 67.2 Å². The Bertz CT molecular complexity index is 877. The predicted octanol–water partition coefficient (Wildman–Crippen LogP) is 4.87. The van der Waals surface area contributed by atoms with Crippen LogP contribution in [0, 0.1) is 0 Å². The maximum absolute atomic E-state index is 13.0. The van der Waals surface area contributed by atoms with E-state index >= 15 is 0 Å². The summed E-state index contributed by atoms with van der Waals surface area (Å²) >= 11 is 5.05. The first-order chi connectivity index (χ1) is 13.3. The van der Waals surface area contributed by atoms with Crippen molar-refractivity contribution in [3.8, 4) is 0 Å². The molecule has 0 radical (unpaired) electrons. The van der Waals surface area contributed by atoms with E-state index in [0.717, 1.165) is 0 Å². The largest absolute Gasteiger partial charge is 0.416 e. The second-order valence-electron chi connectivity index (χ2n) is 6.10. The van der Waals surface area contributed by atoms with Gasteiger partial charge in [-0.2, -0.15) is 26.3 Å². The second kappa shape index (κ2) is 8.27. The van der Waals surface area contributed by atoms with Crippen molar-refractivity contribution >= 4 is 28.9 Å². The smallest absolute Gasteiger partial charge is 0.366 e. The quantitative estimate of drug-likeness (QED) is 0.474. The van der Waals surface area contributed by atoms with Crippen molar-refractivity contribution < 1.29 is 31.1 Å². The van der Waals surface area contributed by atoms with Gasteiger partial charge in [0.1, 0.15) is 0 Å². The molecule has 0 aliphatic carbocycles. The zero-order valence-electron chi connectivity index (χ0n) is 14.8. The molecule has 2 aromatic carbocycles. The number of hydrogen-bond donors (Lipinski definition) is 3. The van der Waals surface area contributed by atoms with Crippen molar-refractivity contribution in [2.45, 2.75) is 25.3 Å². The van der Waals surface area contributed by atoms with Crippen LogP contribution >= 0.6 is 12.2 Å². The normalized spacial score (nSPS) is 12.9. The summed E-state index contributed by atoms with van der Waals surface area (Å²) in [5.41, 5.74) is 2.78. The van der Waals surface area contributed by atoms with Crippen LogP contribution in [-0.2, 0) is 12.4 Å². The minimum atomic E-state index is -4.93. The Kier molecular flexibility index (Phi) is 6.41. The molecular formula is C18H15F6N3OS. The van der Waals surface area contributed by atoms with Gasteiger partial charge in [-0.15, -0.1) is 0 Å². The summed E-state index contributed by atoms with van der Waals surface area (Å²) in [6, 6.07) is 6.22. The second-order valence-corrected chi connectivity index (χ2v) is 6.51. The first-order valence-corrected chi connectivity index (χ1v) is 8.45. The number of carbonyl (C=O) groups excluding carboxylic acids is 1. The van der Waals surface area contributed by atoms with Crippen molar-refractivity contribution in [2.75, 3.05) is 5.32 Å². The summed E-state index contributed by atoms with van der Waals surface area (Å²) in [7, 11) is 0. The lowest BCUT2D eigenvalue weighted by Gasteiger charge is -2.20.